The zero-order chi connectivity index (χ0) is 14.9. The summed E-state index contributed by atoms with van der Waals surface area (Å²) in [5.41, 5.74) is 1.75. The molecule has 1 N–H and O–H groups in total. The molecule has 0 radical (unpaired) electrons. The van der Waals surface area contributed by atoms with Crippen LogP contribution in [-0.2, 0) is 0 Å². The van der Waals surface area contributed by atoms with Gasteiger partial charge < -0.3 is 10.1 Å². The molecule has 112 valence electrons. The largest absolute Gasteiger partial charge is 0.492 e. The van der Waals surface area contributed by atoms with Gasteiger partial charge in [0.2, 0.25) is 5.65 Å². The van der Waals surface area contributed by atoms with Crippen molar-refractivity contribution in [2.24, 2.45) is 0 Å². The minimum Gasteiger partial charge on any atom is -0.492 e. The number of anilines is 1. The minimum absolute atomic E-state index is 0.0756. The molecule has 0 amide bonds. The van der Waals surface area contributed by atoms with Crippen LogP contribution < -0.4 is 10.1 Å². The van der Waals surface area contributed by atoms with E-state index in [0.29, 0.717) is 23.1 Å². The zero-order valence-electron chi connectivity index (χ0n) is 11.7. The number of fused-ring (bicyclic) bond motifs is 2. The number of benzene rings is 1. The number of rotatable bonds is 2. The first-order chi connectivity index (χ1) is 10.8. The summed E-state index contributed by atoms with van der Waals surface area (Å²) in [7, 11) is 0. The molecule has 1 aliphatic rings. The molecule has 22 heavy (non-hydrogen) atoms. The van der Waals surface area contributed by atoms with Gasteiger partial charge in [0.05, 0.1) is 17.7 Å². The molecular weight excluding hydrogens is 302 g/mol. The molecule has 0 bridgehead atoms. The number of aromatic nitrogens is 4. The average molecular weight is 316 g/mol. The number of hydrogen-bond acceptors (Lipinski definition) is 5. The Morgan fingerprint density at radius 2 is 2.32 bits per heavy atom. The van der Waals surface area contributed by atoms with Crippen LogP contribution >= 0.6 is 11.6 Å². The zero-order valence-corrected chi connectivity index (χ0v) is 12.5. The third-order valence-corrected chi connectivity index (χ3v) is 4.08. The van der Waals surface area contributed by atoms with Crippen LogP contribution in [0.4, 0.5) is 5.82 Å². The monoisotopic (exact) mass is 315 g/mol. The number of nitrogens with zero attached hydrogens (tertiary/aromatic N) is 4. The molecule has 0 fully saturated rings. The van der Waals surface area contributed by atoms with Crippen molar-refractivity contribution in [1.82, 2.24) is 19.6 Å². The Morgan fingerprint density at radius 3 is 3.27 bits per heavy atom. The third-order valence-electron chi connectivity index (χ3n) is 3.78. The Balaban J connectivity index is 1.74. The van der Waals surface area contributed by atoms with Gasteiger partial charge in [0.1, 0.15) is 12.1 Å². The first kappa shape index (κ1) is 13.3. The van der Waals surface area contributed by atoms with E-state index in [2.05, 4.69) is 20.5 Å². The molecule has 1 aliphatic heterocycles. The van der Waals surface area contributed by atoms with Crippen LogP contribution in [0.2, 0.25) is 5.02 Å². The van der Waals surface area contributed by atoms with Crippen molar-refractivity contribution in [3.05, 3.63) is 47.5 Å². The van der Waals surface area contributed by atoms with E-state index in [1.165, 1.54) is 0 Å². The quantitative estimate of drug-likeness (QED) is 0.787. The van der Waals surface area contributed by atoms with Gasteiger partial charge in [0, 0.05) is 18.0 Å². The first-order valence-electron chi connectivity index (χ1n) is 7.15. The van der Waals surface area contributed by atoms with E-state index in [0.717, 1.165) is 24.2 Å². The molecule has 1 unspecified atom stereocenters. The number of nitrogens with one attached hydrogen (secondary N) is 1. The van der Waals surface area contributed by atoms with Gasteiger partial charge in [-0.25, -0.2) is 4.98 Å². The van der Waals surface area contributed by atoms with Crippen molar-refractivity contribution < 1.29 is 4.74 Å². The van der Waals surface area contributed by atoms with Crippen molar-refractivity contribution in [2.45, 2.75) is 18.9 Å². The van der Waals surface area contributed by atoms with Crippen LogP contribution in [0.3, 0.4) is 0 Å². The second-order valence-electron chi connectivity index (χ2n) is 5.18. The highest BCUT2D eigenvalue weighted by atomic mass is 35.5. The van der Waals surface area contributed by atoms with E-state index in [9.17, 15) is 0 Å². The van der Waals surface area contributed by atoms with Crippen molar-refractivity contribution in [3.63, 3.8) is 0 Å². The summed E-state index contributed by atoms with van der Waals surface area (Å²) in [6.07, 6.45) is 7.08. The topological polar surface area (TPSA) is 64.3 Å². The predicted octanol–water partition coefficient (Wildman–Crippen LogP) is 3.10. The Morgan fingerprint density at radius 1 is 1.36 bits per heavy atom. The maximum Gasteiger partial charge on any atom is 0.203 e. The molecule has 1 aromatic carbocycles. The molecule has 3 aromatic rings. The lowest BCUT2D eigenvalue weighted by molar-refractivity contribution is 0.316. The van der Waals surface area contributed by atoms with E-state index in [4.69, 9.17) is 16.3 Å². The standard InChI is InChI=1S/C15H14ClN5O/c16-11-4-1-3-10-12(5-2-8-22-13(10)11)19-14-15-20-18-9-21(15)7-6-17-14/h1,3-4,6-7,9,12H,2,5,8H2,(H,17,19). The molecule has 2 aromatic heterocycles. The summed E-state index contributed by atoms with van der Waals surface area (Å²) in [6, 6.07) is 5.90. The smallest absolute Gasteiger partial charge is 0.203 e. The minimum atomic E-state index is 0.0756. The highest BCUT2D eigenvalue weighted by molar-refractivity contribution is 6.32. The van der Waals surface area contributed by atoms with Gasteiger partial charge in [-0.3, -0.25) is 4.40 Å². The Labute approximate surface area is 132 Å². The van der Waals surface area contributed by atoms with Crippen LogP contribution in [0.15, 0.2) is 36.9 Å². The van der Waals surface area contributed by atoms with E-state index < -0.39 is 0 Å². The molecule has 0 aliphatic carbocycles. The Kier molecular flexibility index (Phi) is 3.31. The maximum absolute atomic E-state index is 6.27. The van der Waals surface area contributed by atoms with Crippen molar-refractivity contribution in [2.75, 3.05) is 11.9 Å². The Bertz CT molecular complexity index is 819. The van der Waals surface area contributed by atoms with Gasteiger partial charge in [-0.1, -0.05) is 23.7 Å². The highest BCUT2D eigenvalue weighted by Crippen LogP contribution is 2.38. The second-order valence-corrected chi connectivity index (χ2v) is 5.59. The molecule has 4 rings (SSSR count). The highest BCUT2D eigenvalue weighted by Gasteiger charge is 2.22. The normalized spacial score (nSPS) is 17.6. The fraction of sp³-hybridized carbons (Fsp3) is 0.267. The van der Waals surface area contributed by atoms with Gasteiger partial charge in [0.25, 0.3) is 0 Å². The lowest BCUT2D eigenvalue weighted by Gasteiger charge is -2.19. The van der Waals surface area contributed by atoms with E-state index in [-0.39, 0.29) is 6.04 Å². The molecule has 0 spiro atoms. The van der Waals surface area contributed by atoms with Crippen LogP contribution in [0.5, 0.6) is 5.75 Å². The number of hydrogen-bond donors (Lipinski definition) is 1. The maximum atomic E-state index is 6.27. The predicted molar refractivity (Wildman–Crippen MR) is 83.3 cm³/mol. The van der Waals surface area contributed by atoms with Crippen LogP contribution in [-0.4, -0.2) is 26.2 Å². The van der Waals surface area contributed by atoms with E-state index in [1.807, 2.05) is 28.8 Å². The van der Waals surface area contributed by atoms with Crippen LogP contribution in [0.25, 0.3) is 5.65 Å². The summed E-state index contributed by atoms with van der Waals surface area (Å²) in [6.45, 7) is 0.664. The van der Waals surface area contributed by atoms with E-state index in [1.54, 1.807) is 12.5 Å². The Hall–Kier alpha value is -2.34. The molecule has 7 heteroatoms. The molecule has 0 saturated carbocycles. The van der Waals surface area contributed by atoms with Crippen molar-refractivity contribution in [3.8, 4) is 5.75 Å². The molecular formula is C15H14ClN5O. The van der Waals surface area contributed by atoms with E-state index >= 15 is 0 Å². The second kappa shape index (κ2) is 5.46. The van der Waals surface area contributed by atoms with Gasteiger partial charge in [0.15, 0.2) is 5.82 Å². The SMILES string of the molecule is Clc1cccc2c1OCCCC2Nc1nccn2cnnc12. The first-order valence-corrected chi connectivity index (χ1v) is 7.53. The summed E-state index contributed by atoms with van der Waals surface area (Å²) < 4.78 is 7.63. The summed E-state index contributed by atoms with van der Waals surface area (Å²) in [4.78, 5) is 4.39. The average Bonchev–Trinajstić information content (AvgIpc) is 2.92. The van der Waals surface area contributed by atoms with Crippen LogP contribution in [0, 0.1) is 0 Å². The summed E-state index contributed by atoms with van der Waals surface area (Å²) in [5, 5.41) is 12.1. The van der Waals surface area contributed by atoms with Crippen molar-refractivity contribution in [1.29, 1.82) is 0 Å². The fourth-order valence-corrected chi connectivity index (χ4v) is 2.98. The van der Waals surface area contributed by atoms with Crippen LogP contribution in [0.1, 0.15) is 24.4 Å². The van der Waals surface area contributed by atoms with Gasteiger partial charge in [-0.05, 0) is 18.9 Å². The fourth-order valence-electron chi connectivity index (χ4n) is 2.74. The molecule has 1 atom stereocenters. The molecule has 0 saturated heterocycles. The lowest BCUT2D eigenvalue weighted by atomic mass is 10.0. The third kappa shape index (κ3) is 2.25. The summed E-state index contributed by atoms with van der Waals surface area (Å²) >= 11 is 6.27. The van der Waals surface area contributed by atoms with Crippen molar-refractivity contribution >= 4 is 23.1 Å². The summed E-state index contributed by atoms with van der Waals surface area (Å²) in [5.74, 6) is 1.46. The number of ether oxygens (including phenoxy) is 1. The van der Waals surface area contributed by atoms with Gasteiger partial charge in [-0.15, -0.1) is 10.2 Å². The lowest BCUT2D eigenvalue weighted by Crippen LogP contribution is -2.12. The number of halogens is 1. The van der Waals surface area contributed by atoms with Gasteiger partial charge >= 0.3 is 0 Å². The molecule has 3 heterocycles. The number of para-hydroxylation sites is 1. The van der Waals surface area contributed by atoms with Gasteiger partial charge in [-0.2, -0.15) is 0 Å². The molecule has 6 nitrogen and oxygen atoms in total.